The Hall–Kier alpha value is -3.30. The van der Waals surface area contributed by atoms with Crippen molar-refractivity contribution in [2.75, 3.05) is 18.9 Å². The van der Waals surface area contributed by atoms with Crippen LogP contribution >= 0.6 is 11.6 Å². The fourth-order valence-corrected chi connectivity index (χ4v) is 5.08. The molecule has 1 aromatic rings. The number of alkyl halides is 4. The molecule has 3 rings (SSSR count). The third-order valence-electron chi connectivity index (χ3n) is 6.88. The average molecular weight is 596 g/mol. The van der Waals surface area contributed by atoms with E-state index in [-0.39, 0.29) is 36.9 Å². The molecule has 2 aliphatic rings. The molecule has 0 spiro atoms. The highest BCUT2D eigenvalue weighted by Crippen LogP contribution is 2.33. The van der Waals surface area contributed by atoms with Crippen molar-refractivity contribution in [1.29, 1.82) is 5.41 Å². The first kappa shape index (κ1) is 31.2. The van der Waals surface area contributed by atoms with Crippen molar-refractivity contribution in [2.24, 2.45) is 27.6 Å². The monoisotopic (exact) mass is 595 g/mol. The zero-order valence-corrected chi connectivity index (χ0v) is 22.3. The molecule has 2 aliphatic carbocycles. The van der Waals surface area contributed by atoms with Crippen LogP contribution in [-0.2, 0) is 13.1 Å². The zero-order valence-electron chi connectivity index (χ0n) is 21.5. The molecule has 11 nitrogen and oxygen atoms in total. The van der Waals surface area contributed by atoms with Crippen molar-refractivity contribution in [3.63, 3.8) is 0 Å². The lowest BCUT2D eigenvalue weighted by atomic mass is 9.83. The van der Waals surface area contributed by atoms with E-state index in [4.69, 9.17) is 22.7 Å². The van der Waals surface area contributed by atoms with Crippen LogP contribution in [-0.4, -0.2) is 75.5 Å². The molecular weight excluding hydrogens is 565 g/mol. The van der Waals surface area contributed by atoms with Crippen molar-refractivity contribution in [1.82, 2.24) is 19.4 Å². The fourth-order valence-electron chi connectivity index (χ4n) is 4.75. The van der Waals surface area contributed by atoms with Gasteiger partial charge in [-0.25, -0.2) is 32.3 Å². The van der Waals surface area contributed by atoms with Crippen molar-refractivity contribution in [3.8, 4) is 0 Å². The molecule has 5 N–H and O–H groups in total. The highest BCUT2D eigenvalue weighted by atomic mass is 35.5. The first-order valence-corrected chi connectivity index (χ1v) is 12.9. The molecule has 1 heterocycles. The van der Waals surface area contributed by atoms with Crippen LogP contribution in [0.15, 0.2) is 31.9 Å². The van der Waals surface area contributed by atoms with Crippen LogP contribution in [0.3, 0.4) is 0 Å². The zero-order chi connectivity index (χ0) is 29.6. The number of aromatic nitrogens is 3. The summed E-state index contributed by atoms with van der Waals surface area (Å²) in [6, 6.07) is -0.681. The summed E-state index contributed by atoms with van der Waals surface area (Å²) in [5.74, 6) is -2.05. The minimum atomic E-state index is -1.97. The van der Waals surface area contributed by atoms with E-state index in [1.54, 1.807) is 0 Å². The van der Waals surface area contributed by atoms with Gasteiger partial charge in [0.25, 0.3) is 6.08 Å². The molecule has 0 aliphatic heterocycles. The predicted molar refractivity (Wildman–Crippen MR) is 142 cm³/mol. The second-order valence-corrected chi connectivity index (χ2v) is 10.3. The highest BCUT2D eigenvalue weighted by molar-refractivity contribution is 6.23. The molecule has 2 saturated carbocycles. The molecule has 222 valence electrons. The van der Waals surface area contributed by atoms with Crippen molar-refractivity contribution in [3.05, 3.63) is 33.2 Å². The van der Waals surface area contributed by atoms with Crippen molar-refractivity contribution >= 4 is 35.4 Å². The summed E-state index contributed by atoms with van der Waals surface area (Å²) in [5, 5.41) is 12.8. The van der Waals surface area contributed by atoms with Gasteiger partial charge >= 0.3 is 11.4 Å². The van der Waals surface area contributed by atoms with Gasteiger partial charge in [0.15, 0.2) is 0 Å². The average Bonchev–Trinajstić information content (AvgIpc) is 2.88. The van der Waals surface area contributed by atoms with Crippen LogP contribution in [0.4, 0.5) is 27.9 Å². The molecule has 0 bridgehead atoms. The van der Waals surface area contributed by atoms with E-state index in [2.05, 4.69) is 25.6 Å². The van der Waals surface area contributed by atoms with Gasteiger partial charge in [0.05, 0.1) is 18.1 Å². The van der Waals surface area contributed by atoms with Gasteiger partial charge in [-0.15, -0.1) is 11.6 Å². The molecule has 7 unspecified atom stereocenters. The van der Waals surface area contributed by atoms with Gasteiger partial charge in [-0.2, -0.15) is 13.8 Å². The maximum Gasteiger partial charge on any atom is 0.355 e. The van der Waals surface area contributed by atoms with Crippen LogP contribution in [0.1, 0.15) is 25.7 Å². The number of hydrogen-bond acceptors (Lipinski definition) is 7. The lowest BCUT2D eigenvalue weighted by molar-refractivity contribution is 0.0249. The molecule has 2 fully saturated rings. The first-order chi connectivity index (χ1) is 18.9. The number of aliphatic imine (C=N–C) groups is 2. The van der Waals surface area contributed by atoms with Gasteiger partial charge in [-0.05, 0) is 12.8 Å². The van der Waals surface area contributed by atoms with Crippen molar-refractivity contribution in [2.45, 2.75) is 68.7 Å². The Morgan fingerprint density at radius 1 is 1.18 bits per heavy atom. The number of anilines is 1. The topological polar surface area (TPSA) is 156 Å². The molecule has 0 aromatic carbocycles. The van der Waals surface area contributed by atoms with Gasteiger partial charge in [0.1, 0.15) is 30.7 Å². The van der Waals surface area contributed by atoms with E-state index in [1.807, 2.05) is 0 Å². The summed E-state index contributed by atoms with van der Waals surface area (Å²) in [4.78, 5) is 37.6. The predicted octanol–water partition coefficient (Wildman–Crippen LogP) is 1.99. The van der Waals surface area contributed by atoms with E-state index in [1.165, 1.54) is 7.05 Å². The summed E-state index contributed by atoms with van der Waals surface area (Å²) in [6.45, 7) is -0.894. The second-order valence-electron chi connectivity index (χ2n) is 9.74. The van der Waals surface area contributed by atoms with Gasteiger partial charge in [0, 0.05) is 56.6 Å². The Balaban J connectivity index is 1.96. The molecule has 17 heteroatoms. The minimum absolute atomic E-state index is 0.00730. The van der Waals surface area contributed by atoms with Crippen LogP contribution in [0.2, 0.25) is 0 Å². The lowest BCUT2D eigenvalue weighted by Crippen LogP contribution is -2.49. The Labute approximate surface area is 230 Å². The molecule has 0 saturated heterocycles. The number of halogens is 6. The van der Waals surface area contributed by atoms with Crippen LogP contribution in [0.25, 0.3) is 0 Å². The number of rotatable bonds is 10. The number of nitrogens with two attached hydrogens (primary N) is 1. The lowest BCUT2D eigenvalue weighted by Gasteiger charge is -2.35. The molecule has 40 heavy (non-hydrogen) atoms. The smallest absolute Gasteiger partial charge is 0.355 e. The summed E-state index contributed by atoms with van der Waals surface area (Å²) in [6.07, 6.45) is -6.89. The molecular formula is C23H31ClF5N9O2. The Morgan fingerprint density at radius 3 is 2.55 bits per heavy atom. The number of amidine groups is 1. The molecule has 0 amide bonds. The SMILES string of the molecule is CN=CN=C(N)Cn1c(=O)nc(NC2CC(CNC=C(F)F)C(=N)CC2Cl)n(CC2CC(F)C(F)CC2F)c1=O. The molecule has 7 atom stereocenters. The normalized spacial score (nSPS) is 29.4. The van der Waals surface area contributed by atoms with Gasteiger partial charge in [-0.3, -0.25) is 9.56 Å². The van der Waals surface area contributed by atoms with Crippen molar-refractivity contribution < 1.29 is 22.0 Å². The highest BCUT2D eigenvalue weighted by Gasteiger charge is 2.39. The largest absolute Gasteiger partial charge is 0.386 e. The quantitative estimate of drug-likeness (QED) is 0.140. The second kappa shape index (κ2) is 13.9. The van der Waals surface area contributed by atoms with Crippen LogP contribution in [0, 0.1) is 17.2 Å². The standard InChI is InChI=1S/C23H31ClF5N9O2/c1-32-10-34-20(31)9-38-22(39)36-21(37(23(38)40)8-12-2-15(26)16(27)5-14(12)25)35-18-3-11(6-33-7-19(28)29)17(30)4-13(18)24/h7,10-16,18,30,33H,2-6,8-9H2,1H3,(H2,31,32,34)(H,35,36,39). The van der Waals surface area contributed by atoms with Crippen LogP contribution in [0.5, 0.6) is 0 Å². The Bertz CT molecular complexity index is 1270. The van der Waals surface area contributed by atoms with Gasteiger partial charge in [0.2, 0.25) is 5.95 Å². The third kappa shape index (κ3) is 7.88. The van der Waals surface area contributed by atoms with E-state index in [0.717, 1.165) is 10.9 Å². The molecule has 1 aromatic heterocycles. The van der Waals surface area contributed by atoms with E-state index in [0.29, 0.717) is 10.8 Å². The Kier molecular flexibility index (Phi) is 10.8. The third-order valence-corrected chi connectivity index (χ3v) is 7.34. The number of nitrogens with one attached hydrogen (secondary N) is 3. The fraction of sp³-hybridized carbons (Fsp3) is 0.652. The summed E-state index contributed by atoms with van der Waals surface area (Å²) in [7, 11) is 1.43. The number of hydrogen-bond donors (Lipinski definition) is 4. The molecule has 0 radical (unpaired) electrons. The van der Waals surface area contributed by atoms with E-state index >= 15 is 0 Å². The van der Waals surface area contributed by atoms with Crippen LogP contribution < -0.4 is 27.7 Å². The van der Waals surface area contributed by atoms with E-state index < -0.39 is 85.2 Å². The van der Waals surface area contributed by atoms with E-state index in [9.17, 15) is 31.5 Å². The first-order valence-electron chi connectivity index (χ1n) is 12.5. The summed E-state index contributed by atoms with van der Waals surface area (Å²) in [5.41, 5.74) is 4.03. The number of nitrogens with zero attached hydrogens (tertiary/aromatic N) is 5. The minimum Gasteiger partial charge on any atom is -0.386 e. The van der Waals surface area contributed by atoms with Gasteiger partial charge in [-0.1, -0.05) is 0 Å². The maximum absolute atomic E-state index is 14.7. The summed E-state index contributed by atoms with van der Waals surface area (Å²) < 4.78 is 69.1. The summed E-state index contributed by atoms with van der Waals surface area (Å²) >= 11 is 6.46. The van der Waals surface area contributed by atoms with Gasteiger partial charge < -0.3 is 21.8 Å². The Morgan fingerprint density at radius 2 is 1.88 bits per heavy atom. The maximum atomic E-state index is 14.7.